The summed E-state index contributed by atoms with van der Waals surface area (Å²) in [5.74, 6) is 0.151. The zero-order chi connectivity index (χ0) is 72.5. The van der Waals surface area contributed by atoms with E-state index < -0.39 is 0 Å². The molecule has 0 atom stereocenters. The van der Waals surface area contributed by atoms with Crippen LogP contribution in [0.3, 0.4) is 0 Å². The van der Waals surface area contributed by atoms with Gasteiger partial charge in [-0.15, -0.1) is 0 Å². The zero-order valence-corrected chi connectivity index (χ0v) is 58.9. The second kappa shape index (κ2) is 40.3. The number of aromatic nitrogens is 7. The molecule has 13 rings (SSSR count). The van der Waals surface area contributed by atoms with Crippen LogP contribution in [0.4, 0.5) is 0 Å². The predicted octanol–water partition coefficient (Wildman–Crippen LogP) is 12.9. The molecule has 18 nitrogen and oxygen atoms in total. The Balaban J connectivity index is 0.000000150. The Morgan fingerprint density at radius 2 is 0.750 bits per heavy atom. The summed E-state index contributed by atoms with van der Waals surface area (Å²) < 4.78 is 8.18. The lowest BCUT2D eigenvalue weighted by Gasteiger charge is -2.32. The van der Waals surface area contributed by atoms with E-state index >= 15 is 0 Å². The minimum absolute atomic E-state index is 0.0869. The molecule has 1 aliphatic rings. The topological polar surface area (TPSA) is 227 Å². The van der Waals surface area contributed by atoms with Crippen LogP contribution in [0, 0.1) is 5.92 Å². The van der Waals surface area contributed by atoms with Crippen molar-refractivity contribution in [2.45, 2.75) is 117 Å². The van der Waals surface area contributed by atoms with Gasteiger partial charge in [-0.3, -0.25) is 29.1 Å². The molecule has 12 aromatic rings. The average molecular weight is 1400 g/mol. The lowest BCUT2D eigenvalue weighted by molar-refractivity contribution is 0.171. The van der Waals surface area contributed by atoms with Crippen LogP contribution < -0.4 is 32.9 Å². The highest BCUT2D eigenvalue weighted by atomic mass is 16.3. The van der Waals surface area contributed by atoms with Gasteiger partial charge in [0.05, 0.1) is 32.5 Å². The molecule has 6 aromatic heterocycles. The number of imidazole rings is 1. The summed E-state index contributed by atoms with van der Waals surface area (Å²) in [6, 6.07) is 72.9. The Hall–Kier alpha value is -11.4. The summed E-state index contributed by atoms with van der Waals surface area (Å²) in [6.07, 6.45) is 23.1. The predicted molar refractivity (Wildman–Crippen MR) is 411 cm³/mol. The Labute approximate surface area is 607 Å². The lowest BCUT2D eigenvalue weighted by Crippen LogP contribution is -2.33. The van der Waals surface area contributed by atoms with Crippen molar-refractivity contribution in [2.24, 2.45) is 5.92 Å². The van der Waals surface area contributed by atoms with Gasteiger partial charge in [0.1, 0.15) is 0 Å². The maximum absolute atomic E-state index is 12.6. The standard InChI is InChI=1S/C27H32N2O2.C20H21N3O2.C20H20N2O2.C19H21N3O2/c30-26-25(16-19-29(27(26)31)21-24-10-5-2-6-11-24)13-7-12-22-14-17-28(18-15-22)20-23-8-3-1-4-9-23;24-19-17(14-21-12-9-18-8-4-5-11-22-18)10-13-23(20(19)25)15-16-6-2-1-3-7-16;23-19-18(14-21-13-16-7-3-1-4-8-16)11-12-22(20(19)24)15-17-9-5-2-6-10-17;23-18-17(8-4-5-11-21-13-10-20-15-21)9-12-22(19(18)24)14-16-6-2-1-3-7-16/h1-6,8-11,16,19,22,30H,7,12-15,17-18,20-21H2;1-8,10-11,13,21,24H,9,12,14-15H2;1-12,21,23H,13-15H2;1-3,6-7,9-10,12-13,15,23H,4-5,8,11,14H2. The molecule has 0 unspecified atom stereocenters. The van der Waals surface area contributed by atoms with Crippen molar-refractivity contribution in [3.05, 3.63) is 377 Å². The fourth-order valence-electron chi connectivity index (χ4n) is 12.5. The van der Waals surface area contributed by atoms with Crippen molar-refractivity contribution in [3.8, 4) is 23.0 Å². The van der Waals surface area contributed by atoms with Crippen LogP contribution in [0.1, 0.15) is 99.9 Å². The number of nitrogens with zero attached hydrogens (tertiary/aromatic N) is 8. The highest BCUT2D eigenvalue weighted by molar-refractivity contribution is 5.34. The first-order valence-electron chi connectivity index (χ1n) is 35.8. The Kier molecular flexibility index (Phi) is 29.1. The summed E-state index contributed by atoms with van der Waals surface area (Å²) in [4.78, 5) is 60.3. The summed E-state index contributed by atoms with van der Waals surface area (Å²) in [5.41, 5.74) is 9.04. The number of benzene rings is 6. The second-order valence-electron chi connectivity index (χ2n) is 26.1. The number of hydrogen-bond donors (Lipinski definition) is 6. The van der Waals surface area contributed by atoms with Crippen molar-refractivity contribution in [1.82, 2.24) is 48.3 Å². The smallest absolute Gasteiger partial charge is 0.293 e. The third-order valence-electron chi connectivity index (χ3n) is 18.4. The molecule has 6 aromatic carbocycles. The van der Waals surface area contributed by atoms with Crippen LogP contribution >= 0.6 is 0 Å². The minimum Gasteiger partial charge on any atom is -0.503 e. The largest absolute Gasteiger partial charge is 0.503 e. The summed E-state index contributed by atoms with van der Waals surface area (Å²) in [5, 5.41) is 47.5. The Morgan fingerprint density at radius 1 is 0.365 bits per heavy atom. The SMILES string of the molecule is O=c1c(O)c(CCCC2CCN(Cc3ccccc3)CC2)ccn1Cc1ccccc1.O=c1c(O)c(CCCCn2ccnc2)ccn1Cc1ccccc1.O=c1c(O)c(CNCCc2ccccn2)ccn1Cc1ccccc1.O=c1c(O)c(CNCc2ccccc2)ccn1Cc1ccccc1. The van der Waals surface area contributed by atoms with Crippen LogP contribution in [0.15, 0.2) is 293 Å². The molecule has 0 radical (unpaired) electrons. The summed E-state index contributed by atoms with van der Waals surface area (Å²) in [6.45, 7) is 8.39. The monoisotopic (exact) mass is 1390 g/mol. The summed E-state index contributed by atoms with van der Waals surface area (Å²) >= 11 is 0. The van der Waals surface area contributed by atoms with E-state index in [9.17, 15) is 39.6 Å². The van der Waals surface area contributed by atoms with E-state index in [1.807, 2.05) is 199 Å². The number of likely N-dealkylation sites (tertiary alicyclic amines) is 1. The first kappa shape index (κ1) is 75.2. The van der Waals surface area contributed by atoms with Gasteiger partial charge >= 0.3 is 0 Å². The van der Waals surface area contributed by atoms with Crippen LogP contribution in [0.2, 0.25) is 0 Å². The highest BCUT2D eigenvalue weighted by Crippen LogP contribution is 2.26. The number of piperidine rings is 1. The molecular formula is C86H94N10O8. The van der Waals surface area contributed by atoms with Crippen molar-refractivity contribution in [2.75, 3.05) is 19.6 Å². The average Bonchev–Trinajstić information content (AvgIpc) is 1.03. The van der Waals surface area contributed by atoms with Crippen molar-refractivity contribution in [3.63, 3.8) is 0 Å². The number of nitrogens with one attached hydrogen (secondary N) is 2. The molecule has 0 spiro atoms. The number of hydrogen-bond acceptors (Lipinski definition) is 13. The van der Waals surface area contributed by atoms with Crippen LogP contribution in [0.25, 0.3) is 0 Å². The van der Waals surface area contributed by atoms with Crippen LogP contribution in [0.5, 0.6) is 23.0 Å². The Bertz CT molecular complexity index is 4750. The van der Waals surface area contributed by atoms with Gasteiger partial charge in [-0.1, -0.05) is 194 Å². The van der Waals surface area contributed by atoms with E-state index in [-0.39, 0.29) is 45.2 Å². The molecule has 1 fully saturated rings. The summed E-state index contributed by atoms with van der Waals surface area (Å²) in [7, 11) is 0. The zero-order valence-electron chi connectivity index (χ0n) is 58.9. The normalized spacial score (nSPS) is 12.1. The third-order valence-corrected chi connectivity index (χ3v) is 18.4. The number of aromatic hydroxyl groups is 4. The number of aryl methyl sites for hydroxylation is 3. The molecule has 18 heteroatoms. The molecule has 1 aliphatic heterocycles. The van der Waals surface area contributed by atoms with Gasteiger partial charge in [0, 0.05) is 117 Å². The van der Waals surface area contributed by atoms with Gasteiger partial charge in [-0.25, -0.2) is 4.98 Å². The van der Waals surface area contributed by atoms with Gasteiger partial charge in [0.25, 0.3) is 22.2 Å². The first-order chi connectivity index (χ1) is 50.9. The third kappa shape index (κ3) is 23.6. The van der Waals surface area contributed by atoms with Gasteiger partial charge in [0.15, 0.2) is 23.0 Å². The molecule has 0 bridgehead atoms. The fourth-order valence-corrected chi connectivity index (χ4v) is 12.5. The van der Waals surface area contributed by atoms with E-state index in [2.05, 4.69) is 55.8 Å². The quantitative estimate of drug-likeness (QED) is 0.0251. The molecule has 0 amide bonds. The van der Waals surface area contributed by atoms with Gasteiger partial charge < -0.3 is 53.9 Å². The van der Waals surface area contributed by atoms with E-state index in [4.69, 9.17) is 0 Å². The van der Waals surface area contributed by atoms with Crippen LogP contribution in [-0.2, 0) is 78.2 Å². The number of unbranched alkanes of at least 4 members (excludes halogenated alkanes) is 1. The molecule has 0 aliphatic carbocycles. The molecule has 104 heavy (non-hydrogen) atoms. The van der Waals surface area contributed by atoms with Crippen molar-refractivity contribution < 1.29 is 20.4 Å². The van der Waals surface area contributed by atoms with Gasteiger partial charge in [-0.2, -0.15) is 0 Å². The van der Waals surface area contributed by atoms with Crippen molar-refractivity contribution in [1.29, 1.82) is 0 Å². The minimum atomic E-state index is -0.368. The molecular weight excluding hydrogens is 1300 g/mol. The van der Waals surface area contributed by atoms with Crippen molar-refractivity contribution >= 4 is 0 Å². The van der Waals surface area contributed by atoms with E-state index in [0.717, 1.165) is 122 Å². The first-order valence-corrected chi connectivity index (χ1v) is 35.8. The van der Waals surface area contributed by atoms with E-state index in [0.29, 0.717) is 63.4 Å². The molecule has 7 heterocycles. The van der Waals surface area contributed by atoms with Gasteiger partial charge in [0.2, 0.25) is 0 Å². The fraction of sp³-hybridized carbons (Fsp3) is 0.256. The number of rotatable bonds is 28. The molecule has 1 saturated heterocycles. The second-order valence-corrected chi connectivity index (χ2v) is 26.1. The maximum Gasteiger partial charge on any atom is 0.293 e. The molecule has 6 N–H and O–H groups in total. The highest BCUT2D eigenvalue weighted by Gasteiger charge is 2.20. The maximum atomic E-state index is 12.6. The van der Waals surface area contributed by atoms with Gasteiger partial charge in [-0.05, 0) is 134 Å². The molecule has 0 saturated carbocycles. The van der Waals surface area contributed by atoms with E-state index in [1.165, 1.54) is 27.5 Å². The Morgan fingerprint density at radius 3 is 1.16 bits per heavy atom. The number of pyridine rings is 5. The van der Waals surface area contributed by atoms with Crippen LogP contribution in [-0.4, -0.2) is 77.8 Å². The molecule has 536 valence electrons. The lowest BCUT2D eigenvalue weighted by atomic mass is 9.90. The van der Waals surface area contributed by atoms with E-state index in [1.54, 1.807) is 58.6 Å².